The van der Waals surface area contributed by atoms with Gasteiger partial charge in [0.1, 0.15) is 0 Å². The van der Waals surface area contributed by atoms with E-state index in [9.17, 15) is 13.2 Å². The van der Waals surface area contributed by atoms with Crippen molar-refractivity contribution >= 4 is 5.96 Å². The Morgan fingerprint density at radius 2 is 1.90 bits per heavy atom. The molecule has 0 heterocycles. The summed E-state index contributed by atoms with van der Waals surface area (Å²) in [4.78, 5) is 3.86. The summed E-state index contributed by atoms with van der Waals surface area (Å²) in [6.07, 6.45) is -4.07. The van der Waals surface area contributed by atoms with Crippen molar-refractivity contribution in [3.63, 3.8) is 0 Å². The summed E-state index contributed by atoms with van der Waals surface area (Å²) in [5.74, 6) is 0.994. The molecule has 0 aromatic heterocycles. The van der Waals surface area contributed by atoms with Crippen LogP contribution in [0.15, 0.2) is 4.99 Å². The van der Waals surface area contributed by atoms with Gasteiger partial charge >= 0.3 is 6.18 Å². The molecule has 0 aliphatic carbocycles. The lowest BCUT2D eigenvalue weighted by molar-refractivity contribution is -0.132. The predicted molar refractivity (Wildman–Crippen MR) is 74.9 cm³/mol. The number of hydrogen-bond acceptors (Lipinski definition) is 2. The van der Waals surface area contributed by atoms with Crippen molar-refractivity contribution in [2.75, 3.05) is 32.8 Å². The summed E-state index contributed by atoms with van der Waals surface area (Å²) >= 11 is 0. The fraction of sp³-hybridized carbons (Fsp3) is 0.923. The van der Waals surface area contributed by atoms with Crippen LogP contribution in [0.25, 0.3) is 0 Å². The average Bonchev–Trinajstić information content (AvgIpc) is 2.31. The highest BCUT2D eigenvalue weighted by Crippen LogP contribution is 2.18. The second-order valence-corrected chi connectivity index (χ2v) is 4.85. The number of nitrogens with zero attached hydrogens (tertiary/aromatic N) is 1. The van der Waals surface area contributed by atoms with Crippen LogP contribution in [0.3, 0.4) is 0 Å². The van der Waals surface area contributed by atoms with Gasteiger partial charge in [-0.15, -0.1) is 0 Å². The number of rotatable bonds is 9. The van der Waals surface area contributed by atoms with Gasteiger partial charge in [0.05, 0.1) is 19.6 Å². The molecule has 7 heteroatoms. The lowest BCUT2D eigenvalue weighted by Gasteiger charge is -2.12. The molecule has 0 amide bonds. The van der Waals surface area contributed by atoms with E-state index in [1.165, 1.54) is 0 Å². The first kappa shape index (κ1) is 19.0. The third kappa shape index (κ3) is 13.5. The number of nitrogens with one attached hydrogen (secondary N) is 2. The van der Waals surface area contributed by atoms with Gasteiger partial charge in [0, 0.05) is 19.7 Å². The van der Waals surface area contributed by atoms with Crippen LogP contribution in [0.4, 0.5) is 13.2 Å². The van der Waals surface area contributed by atoms with E-state index in [0.29, 0.717) is 38.2 Å². The molecule has 0 bridgehead atoms. The van der Waals surface area contributed by atoms with Gasteiger partial charge in [0.15, 0.2) is 5.96 Å². The highest BCUT2D eigenvalue weighted by molar-refractivity contribution is 5.79. The molecule has 0 radical (unpaired) electrons. The molecule has 120 valence electrons. The summed E-state index contributed by atoms with van der Waals surface area (Å²) in [6.45, 7) is 8.17. The Balaban J connectivity index is 3.82. The van der Waals surface area contributed by atoms with Gasteiger partial charge in [-0.1, -0.05) is 13.8 Å². The minimum atomic E-state index is -4.17. The Morgan fingerprint density at radius 3 is 2.45 bits per heavy atom. The summed E-state index contributed by atoms with van der Waals surface area (Å²) in [5, 5.41) is 5.84. The SMILES string of the molecule is CCNC(=NCCC(F)(F)F)NCCOCCC(C)C. The number of hydrogen-bond donors (Lipinski definition) is 2. The van der Waals surface area contributed by atoms with Crippen LogP contribution in [0.5, 0.6) is 0 Å². The van der Waals surface area contributed by atoms with Gasteiger partial charge in [-0.2, -0.15) is 13.2 Å². The van der Waals surface area contributed by atoms with Gasteiger partial charge < -0.3 is 15.4 Å². The first-order chi connectivity index (χ1) is 9.35. The molecule has 0 aliphatic rings. The Kier molecular flexibility index (Phi) is 10.2. The summed E-state index contributed by atoms with van der Waals surface area (Å²) in [7, 11) is 0. The molecule has 0 saturated carbocycles. The van der Waals surface area contributed by atoms with Crippen LogP contribution in [0, 0.1) is 5.92 Å². The number of halogens is 3. The van der Waals surface area contributed by atoms with E-state index in [1.54, 1.807) is 0 Å². The lowest BCUT2D eigenvalue weighted by atomic mass is 10.1. The molecule has 20 heavy (non-hydrogen) atoms. The number of alkyl halides is 3. The van der Waals surface area contributed by atoms with Crippen molar-refractivity contribution in [3.8, 4) is 0 Å². The molecular weight excluding hydrogens is 271 g/mol. The molecule has 0 atom stereocenters. The normalized spacial score (nSPS) is 12.8. The summed E-state index contributed by atoms with van der Waals surface area (Å²) in [5.41, 5.74) is 0. The number of guanidine groups is 1. The maximum Gasteiger partial charge on any atom is 0.390 e. The second-order valence-electron chi connectivity index (χ2n) is 4.85. The largest absolute Gasteiger partial charge is 0.390 e. The molecular formula is C13H26F3N3O. The van der Waals surface area contributed by atoms with Crippen LogP contribution < -0.4 is 10.6 Å². The van der Waals surface area contributed by atoms with E-state index >= 15 is 0 Å². The van der Waals surface area contributed by atoms with Gasteiger partial charge in [-0.3, -0.25) is 4.99 Å². The molecule has 0 fully saturated rings. The quantitative estimate of drug-likeness (QED) is 0.390. The van der Waals surface area contributed by atoms with Crippen molar-refractivity contribution in [2.24, 2.45) is 10.9 Å². The van der Waals surface area contributed by atoms with Crippen molar-refractivity contribution in [2.45, 2.75) is 39.8 Å². The molecule has 0 aromatic carbocycles. The zero-order valence-corrected chi connectivity index (χ0v) is 12.5. The lowest BCUT2D eigenvalue weighted by Crippen LogP contribution is -2.39. The standard InChI is InChI=1S/C13H26F3N3O/c1-4-17-12(18-7-6-13(14,15)16)19-8-10-20-9-5-11(2)3/h11H,4-10H2,1-3H3,(H2,17,18,19). The van der Waals surface area contributed by atoms with Crippen molar-refractivity contribution in [3.05, 3.63) is 0 Å². The minimum Gasteiger partial charge on any atom is -0.380 e. The van der Waals surface area contributed by atoms with Gasteiger partial charge in [0.25, 0.3) is 0 Å². The fourth-order valence-electron chi connectivity index (χ4n) is 1.30. The topological polar surface area (TPSA) is 45.7 Å². The second kappa shape index (κ2) is 10.8. The summed E-state index contributed by atoms with van der Waals surface area (Å²) < 4.78 is 41.5. The van der Waals surface area contributed by atoms with Crippen LogP contribution in [-0.4, -0.2) is 45.0 Å². The van der Waals surface area contributed by atoms with Gasteiger partial charge in [-0.25, -0.2) is 0 Å². The maximum absolute atomic E-state index is 12.0. The minimum absolute atomic E-state index is 0.271. The Labute approximate surface area is 119 Å². The summed E-state index contributed by atoms with van der Waals surface area (Å²) in [6, 6.07) is 0. The third-order valence-corrected chi connectivity index (χ3v) is 2.39. The van der Waals surface area contributed by atoms with Crippen LogP contribution in [-0.2, 0) is 4.74 Å². The molecule has 0 saturated heterocycles. The third-order valence-electron chi connectivity index (χ3n) is 2.39. The molecule has 0 unspecified atom stereocenters. The van der Waals surface area contributed by atoms with E-state index < -0.39 is 12.6 Å². The van der Waals surface area contributed by atoms with E-state index in [-0.39, 0.29) is 6.54 Å². The zero-order valence-electron chi connectivity index (χ0n) is 12.5. The highest BCUT2D eigenvalue weighted by Gasteiger charge is 2.26. The van der Waals surface area contributed by atoms with E-state index in [0.717, 1.165) is 6.42 Å². The molecule has 0 spiro atoms. The Bertz CT molecular complexity index is 268. The number of aliphatic imine (C=N–C) groups is 1. The molecule has 0 rings (SSSR count). The fourth-order valence-corrected chi connectivity index (χ4v) is 1.30. The van der Waals surface area contributed by atoms with Crippen molar-refractivity contribution < 1.29 is 17.9 Å². The Hall–Kier alpha value is -0.980. The first-order valence-corrected chi connectivity index (χ1v) is 7.01. The van der Waals surface area contributed by atoms with E-state index in [1.807, 2.05) is 6.92 Å². The smallest absolute Gasteiger partial charge is 0.380 e. The van der Waals surface area contributed by atoms with Crippen LogP contribution in [0.1, 0.15) is 33.6 Å². The van der Waals surface area contributed by atoms with Crippen molar-refractivity contribution in [1.29, 1.82) is 0 Å². The average molecular weight is 297 g/mol. The first-order valence-electron chi connectivity index (χ1n) is 7.01. The van der Waals surface area contributed by atoms with Crippen molar-refractivity contribution in [1.82, 2.24) is 10.6 Å². The molecule has 0 aromatic rings. The van der Waals surface area contributed by atoms with Gasteiger partial charge in [0.2, 0.25) is 0 Å². The van der Waals surface area contributed by atoms with Crippen LogP contribution in [0.2, 0.25) is 0 Å². The van der Waals surface area contributed by atoms with E-state index in [4.69, 9.17) is 4.74 Å². The highest BCUT2D eigenvalue weighted by atomic mass is 19.4. The van der Waals surface area contributed by atoms with Crippen LogP contribution >= 0.6 is 0 Å². The monoisotopic (exact) mass is 297 g/mol. The Morgan fingerprint density at radius 1 is 1.20 bits per heavy atom. The maximum atomic E-state index is 12.0. The molecule has 4 nitrogen and oxygen atoms in total. The number of ether oxygens (including phenoxy) is 1. The predicted octanol–water partition coefficient (Wildman–Crippen LogP) is 2.56. The molecule has 0 aliphatic heterocycles. The molecule has 2 N–H and O–H groups in total. The zero-order chi connectivity index (χ0) is 15.4. The van der Waals surface area contributed by atoms with E-state index in [2.05, 4.69) is 29.5 Å². The van der Waals surface area contributed by atoms with Gasteiger partial charge in [-0.05, 0) is 19.3 Å².